The van der Waals surface area contributed by atoms with E-state index in [9.17, 15) is 4.79 Å². The first-order chi connectivity index (χ1) is 11.6. The van der Waals surface area contributed by atoms with Gasteiger partial charge in [0.05, 0.1) is 19.1 Å². The Balaban J connectivity index is 1.60. The quantitative estimate of drug-likeness (QED) is 0.800. The Morgan fingerprint density at radius 1 is 1.25 bits per heavy atom. The summed E-state index contributed by atoms with van der Waals surface area (Å²) in [6, 6.07) is 6.86. The number of aliphatic carboxylic acids is 1. The molecule has 2 N–H and O–H groups in total. The van der Waals surface area contributed by atoms with Gasteiger partial charge in [-0.2, -0.15) is 0 Å². The molecular formula is C18H25BrN2O3. The standard InChI is InChI=1S/C18H25BrN2O3/c19-15-4-1-14(17(11-15)21-7-9-24-10-8-21)12-20-16-5-2-13(3-6-16)18(22)23/h1,4,11,13,16,20H,2-3,5-10,12H2,(H,22,23). The lowest BCUT2D eigenvalue weighted by Gasteiger charge is -2.32. The highest BCUT2D eigenvalue weighted by atomic mass is 79.9. The number of ether oxygens (including phenoxy) is 1. The molecule has 0 aromatic heterocycles. The van der Waals surface area contributed by atoms with E-state index in [0.717, 1.165) is 63.0 Å². The molecule has 2 aliphatic rings. The zero-order valence-electron chi connectivity index (χ0n) is 13.8. The molecule has 0 radical (unpaired) electrons. The van der Waals surface area contributed by atoms with Crippen molar-refractivity contribution in [3.63, 3.8) is 0 Å². The second-order valence-corrected chi connectivity index (χ2v) is 7.56. The molecule has 6 heteroatoms. The number of anilines is 1. The largest absolute Gasteiger partial charge is 0.481 e. The molecule has 24 heavy (non-hydrogen) atoms. The maximum atomic E-state index is 11.1. The zero-order valence-corrected chi connectivity index (χ0v) is 15.4. The number of morpholine rings is 1. The first kappa shape index (κ1) is 17.7. The lowest BCUT2D eigenvalue weighted by molar-refractivity contribution is -0.142. The molecule has 3 rings (SSSR count). The first-order valence-corrected chi connectivity index (χ1v) is 9.50. The van der Waals surface area contributed by atoms with E-state index in [1.807, 2.05) is 0 Å². The second kappa shape index (κ2) is 8.32. The number of carbonyl (C=O) groups is 1. The summed E-state index contributed by atoms with van der Waals surface area (Å²) in [5.74, 6) is -0.796. The molecule has 1 aromatic carbocycles. The van der Waals surface area contributed by atoms with E-state index in [0.29, 0.717) is 6.04 Å². The van der Waals surface area contributed by atoms with E-state index in [1.54, 1.807) is 0 Å². The number of nitrogens with one attached hydrogen (secondary N) is 1. The van der Waals surface area contributed by atoms with E-state index in [2.05, 4.69) is 44.3 Å². The number of halogens is 1. The highest BCUT2D eigenvalue weighted by molar-refractivity contribution is 9.10. The summed E-state index contributed by atoms with van der Waals surface area (Å²) in [6.07, 6.45) is 3.45. The minimum absolute atomic E-state index is 0.153. The molecule has 0 unspecified atom stereocenters. The number of carboxylic acids is 1. The summed E-state index contributed by atoms with van der Waals surface area (Å²) in [5, 5.41) is 12.7. The van der Waals surface area contributed by atoms with Crippen molar-refractivity contribution in [2.24, 2.45) is 5.92 Å². The molecule has 0 atom stereocenters. The minimum Gasteiger partial charge on any atom is -0.481 e. The third-order valence-electron chi connectivity index (χ3n) is 5.06. The van der Waals surface area contributed by atoms with E-state index in [-0.39, 0.29) is 5.92 Å². The smallest absolute Gasteiger partial charge is 0.306 e. The predicted molar refractivity (Wildman–Crippen MR) is 97.4 cm³/mol. The number of carboxylic acid groups (broad SMARTS) is 1. The molecule has 2 fully saturated rings. The van der Waals surface area contributed by atoms with Crippen molar-refractivity contribution in [3.8, 4) is 0 Å². The third-order valence-corrected chi connectivity index (χ3v) is 5.55. The van der Waals surface area contributed by atoms with Gasteiger partial charge in [-0.3, -0.25) is 4.79 Å². The van der Waals surface area contributed by atoms with Gasteiger partial charge < -0.3 is 20.1 Å². The van der Waals surface area contributed by atoms with Crippen molar-refractivity contribution in [1.29, 1.82) is 0 Å². The fourth-order valence-corrected chi connectivity index (χ4v) is 3.93. The van der Waals surface area contributed by atoms with Gasteiger partial charge in [-0.15, -0.1) is 0 Å². The van der Waals surface area contributed by atoms with Crippen LogP contribution in [-0.2, 0) is 16.1 Å². The molecular weight excluding hydrogens is 372 g/mol. The Kier molecular flexibility index (Phi) is 6.14. The predicted octanol–water partition coefficient (Wildman–Crippen LogP) is 3.02. The molecule has 0 spiro atoms. The van der Waals surface area contributed by atoms with Crippen molar-refractivity contribution in [3.05, 3.63) is 28.2 Å². The topological polar surface area (TPSA) is 61.8 Å². The maximum absolute atomic E-state index is 11.1. The molecule has 5 nitrogen and oxygen atoms in total. The van der Waals surface area contributed by atoms with Crippen molar-refractivity contribution < 1.29 is 14.6 Å². The Morgan fingerprint density at radius 3 is 2.62 bits per heavy atom. The lowest BCUT2D eigenvalue weighted by Crippen LogP contribution is -2.38. The van der Waals surface area contributed by atoms with Gasteiger partial charge in [0.25, 0.3) is 0 Å². The number of rotatable bonds is 5. The Labute approximate surface area is 151 Å². The molecule has 1 aliphatic heterocycles. The van der Waals surface area contributed by atoms with Gasteiger partial charge in [0.15, 0.2) is 0 Å². The average molecular weight is 397 g/mol. The summed E-state index contributed by atoms with van der Waals surface area (Å²) in [5.41, 5.74) is 2.56. The van der Waals surface area contributed by atoms with Crippen molar-refractivity contribution >= 4 is 27.6 Å². The van der Waals surface area contributed by atoms with E-state index in [4.69, 9.17) is 9.84 Å². The molecule has 0 bridgehead atoms. The summed E-state index contributed by atoms with van der Waals surface area (Å²) in [6.45, 7) is 4.22. The van der Waals surface area contributed by atoms with Gasteiger partial charge in [0.1, 0.15) is 0 Å². The molecule has 1 saturated carbocycles. The van der Waals surface area contributed by atoms with Crippen LogP contribution in [0.1, 0.15) is 31.2 Å². The Morgan fingerprint density at radius 2 is 1.96 bits per heavy atom. The number of benzene rings is 1. The highest BCUT2D eigenvalue weighted by Gasteiger charge is 2.25. The number of nitrogens with zero attached hydrogens (tertiary/aromatic N) is 1. The Bertz CT molecular complexity index is 567. The van der Waals surface area contributed by atoms with Crippen LogP contribution in [0, 0.1) is 5.92 Å². The van der Waals surface area contributed by atoms with Crippen molar-refractivity contribution in [1.82, 2.24) is 5.32 Å². The first-order valence-electron chi connectivity index (χ1n) is 8.71. The van der Waals surface area contributed by atoms with E-state index >= 15 is 0 Å². The normalized spacial score (nSPS) is 24.8. The van der Waals surface area contributed by atoms with Gasteiger partial charge in [0, 0.05) is 35.8 Å². The van der Waals surface area contributed by atoms with Crippen LogP contribution in [0.2, 0.25) is 0 Å². The van der Waals surface area contributed by atoms with Crippen molar-refractivity contribution in [2.75, 3.05) is 31.2 Å². The fourth-order valence-electron chi connectivity index (χ4n) is 3.58. The number of hydrogen-bond acceptors (Lipinski definition) is 4. The van der Waals surface area contributed by atoms with Crippen LogP contribution in [-0.4, -0.2) is 43.4 Å². The van der Waals surface area contributed by atoms with E-state index < -0.39 is 5.97 Å². The SMILES string of the molecule is O=C(O)C1CCC(NCc2ccc(Br)cc2N2CCOCC2)CC1. The molecule has 1 heterocycles. The van der Waals surface area contributed by atoms with Crippen LogP contribution in [0.3, 0.4) is 0 Å². The van der Waals surface area contributed by atoms with E-state index in [1.165, 1.54) is 11.3 Å². The summed E-state index contributed by atoms with van der Waals surface area (Å²) >= 11 is 3.58. The van der Waals surface area contributed by atoms with Crippen LogP contribution < -0.4 is 10.2 Å². The molecule has 1 saturated heterocycles. The summed E-state index contributed by atoms with van der Waals surface area (Å²) < 4.78 is 6.55. The minimum atomic E-state index is -0.643. The van der Waals surface area contributed by atoms with Gasteiger partial charge in [-0.05, 0) is 43.4 Å². The second-order valence-electron chi connectivity index (χ2n) is 6.64. The van der Waals surface area contributed by atoms with Gasteiger partial charge in [-0.25, -0.2) is 0 Å². The van der Waals surface area contributed by atoms with Crippen LogP contribution in [0.25, 0.3) is 0 Å². The summed E-state index contributed by atoms with van der Waals surface area (Å²) in [4.78, 5) is 13.4. The number of hydrogen-bond donors (Lipinski definition) is 2. The Hall–Kier alpha value is -1.11. The maximum Gasteiger partial charge on any atom is 0.306 e. The van der Waals surface area contributed by atoms with Crippen LogP contribution in [0.4, 0.5) is 5.69 Å². The van der Waals surface area contributed by atoms with Gasteiger partial charge in [0.2, 0.25) is 0 Å². The van der Waals surface area contributed by atoms with Crippen LogP contribution >= 0.6 is 15.9 Å². The molecule has 1 aliphatic carbocycles. The third kappa shape index (κ3) is 4.49. The average Bonchev–Trinajstić information content (AvgIpc) is 2.61. The fraction of sp³-hybridized carbons (Fsp3) is 0.611. The molecule has 132 valence electrons. The molecule has 0 amide bonds. The molecule has 1 aromatic rings. The van der Waals surface area contributed by atoms with Gasteiger partial charge >= 0.3 is 5.97 Å². The van der Waals surface area contributed by atoms with Gasteiger partial charge in [-0.1, -0.05) is 22.0 Å². The lowest BCUT2D eigenvalue weighted by atomic mass is 9.86. The van der Waals surface area contributed by atoms with Crippen LogP contribution in [0.15, 0.2) is 22.7 Å². The zero-order chi connectivity index (χ0) is 16.9. The van der Waals surface area contributed by atoms with Crippen molar-refractivity contribution in [2.45, 2.75) is 38.3 Å². The van der Waals surface area contributed by atoms with Crippen LogP contribution in [0.5, 0.6) is 0 Å². The highest BCUT2D eigenvalue weighted by Crippen LogP contribution is 2.28. The summed E-state index contributed by atoms with van der Waals surface area (Å²) in [7, 11) is 0. The monoisotopic (exact) mass is 396 g/mol.